The Balaban J connectivity index is 1.55. The Hall–Kier alpha value is -3.49. The van der Waals surface area contributed by atoms with Gasteiger partial charge in [-0.15, -0.1) is 0 Å². The van der Waals surface area contributed by atoms with Crippen LogP contribution in [0.4, 0.5) is 36.3 Å². The van der Waals surface area contributed by atoms with Gasteiger partial charge in [-0.25, -0.2) is 4.98 Å². The first-order chi connectivity index (χ1) is 13.0. The molecule has 27 heavy (non-hydrogen) atoms. The van der Waals surface area contributed by atoms with Crippen LogP contribution in [-0.4, -0.2) is 16.8 Å². The molecule has 1 aliphatic rings. The first-order valence-corrected chi connectivity index (χ1v) is 7.92. The minimum atomic E-state index is -4.48. The van der Waals surface area contributed by atoms with Crippen molar-refractivity contribution in [1.82, 2.24) is 9.97 Å². The van der Waals surface area contributed by atoms with Gasteiger partial charge in [0, 0.05) is 18.0 Å². The summed E-state index contributed by atoms with van der Waals surface area (Å²) in [6, 6.07) is 12.0. The monoisotopic (exact) mass is 374 g/mol. The molecule has 2 heterocycles. The number of rotatable bonds is 4. The lowest BCUT2D eigenvalue weighted by molar-refractivity contribution is -0.136. The van der Waals surface area contributed by atoms with E-state index in [1.165, 1.54) is 24.4 Å². The van der Waals surface area contributed by atoms with Crippen LogP contribution in [0.5, 0.6) is 11.5 Å². The third-order valence-corrected chi connectivity index (χ3v) is 3.78. The highest BCUT2D eigenvalue weighted by molar-refractivity contribution is 5.64. The van der Waals surface area contributed by atoms with Gasteiger partial charge in [-0.05, 0) is 30.3 Å². The number of aromatic nitrogens is 2. The van der Waals surface area contributed by atoms with E-state index in [9.17, 15) is 13.2 Å². The number of para-hydroxylation sites is 1. The molecule has 2 aromatic carbocycles. The van der Waals surface area contributed by atoms with Crippen LogP contribution in [0, 0.1) is 0 Å². The molecule has 0 aliphatic carbocycles. The van der Waals surface area contributed by atoms with Crippen LogP contribution in [-0.2, 0) is 6.18 Å². The molecule has 0 saturated carbocycles. The maximum atomic E-state index is 13.1. The molecular weight excluding hydrogens is 361 g/mol. The van der Waals surface area contributed by atoms with Gasteiger partial charge in [0.2, 0.25) is 12.7 Å². The van der Waals surface area contributed by atoms with Crippen LogP contribution >= 0.6 is 0 Å². The van der Waals surface area contributed by atoms with E-state index >= 15 is 0 Å². The molecule has 0 unspecified atom stereocenters. The van der Waals surface area contributed by atoms with Crippen molar-refractivity contribution in [2.75, 3.05) is 17.4 Å². The third-order valence-electron chi connectivity index (χ3n) is 3.78. The summed E-state index contributed by atoms with van der Waals surface area (Å²) in [6.45, 7) is 0.166. The second-order valence-corrected chi connectivity index (χ2v) is 5.63. The topological polar surface area (TPSA) is 68.3 Å². The number of benzene rings is 2. The molecule has 9 heteroatoms. The van der Waals surface area contributed by atoms with E-state index in [2.05, 4.69) is 20.6 Å². The Labute approximate surface area is 152 Å². The molecule has 1 aromatic heterocycles. The van der Waals surface area contributed by atoms with Gasteiger partial charge in [-0.1, -0.05) is 12.1 Å². The van der Waals surface area contributed by atoms with Gasteiger partial charge < -0.3 is 20.1 Å². The molecule has 1 aliphatic heterocycles. The van der Waals surface area contributed by atoms with Gasteiger partial charge in [0.1, 0.15) is 5.82 Å². The lowest BCUT2D eigenvalue weighted by atomic mass is 10.1. The molecule has 2 N–H and O–H groups in total. The molecule has 0 fully saturated rings. The number of hydrogen-bond donors (Lipinski definition) is 2. The Morgan fingerprint density at radius 1 is 0.926 bits per heavy atom. The minimum Gasteiger partial charge on any atom is -0.454 e. The minimum absolute atomic E-state index is 0.0393. The number of ether oxygens (including phenoxy) is 2. The van der Waals surface area contributed by atoms with Crippen molar-refractivity contribution in [2.24, 2.45) is 0 Å². The van der Waals surface area contributed by atoms with E-state index in [0.717, 1.165) is 6.07 Å². The van der Waals surface area contributed by atoms with E-state index in [1.807, 2.05) is 0 Å². The maximum Gasteiger partial charge on any atom is 0.418 e. The number of alkyl halides is 3. The zero-order valence-corrected chi connectivity index (χ0v) is 13.7. The number of fused-ring (bicyclic) bond motifs is 1. The summed E-state index contributed by atoms with van der Waals surface area (Å²) >= 11 is 0. The Morgan fingerprint density at radius 3 is 2.59 bits per heavy atom. The lowest BCUT2D eigenvalue weighted by Gasteiger charge is -2.14. The first-order valence-electron chi connectivity index (χ1n) is 7.92. The highest BCUT2D eigenvalue weighted by Gasteiger charge is 2.33. The van der Waals surface area contributed by atoms with Crippen LogP contribution in [0.15, 0.2) is 54.7 Å². The van der Waals surface area contributed by atoms with E-state index in [4.69, 9.17) is 9.47 Å². The van der Waals surface area contributed by atoms with Crippen LogP contribution in [0.25, 0.3) is 0 Å². The molecule has 0 amide bonds. The third kappa shape index (κ3) is 3.71. The van der Waals surface area contributed by atoms with Crippen molar-refractivity contribution in [3.05, 3.63) is 60.3 Å². The fraction of sp³-hybridized carbons (Fsp3) is 0.111. The number of nitrogens with one attached hydrogen (secondary N) is 2. The van der Waals surface area contributed by atoms with Crippen molar-refractivity contribution in [3.8, 4) is 11.5 Å². The average Bonchev–Trinajstić information content (AvgIpc) is 3.09. The molecule has 6 nitrogen and oxygen atoms in total. The molecule has 0 atom stereocenters. The predicted molar refractivity (Wildman–Crippen MR) is 92.6 cm³/mol. The highest BCUT2D eigenvalue weighted by Crippen LogP contribution is 2.36. The summed E-state index contributed by atoms with van der Waals surface area (Å²) in [6.07, 6.45) is -3.03. The second kappa shape index (κ2) is 6.67. The average molecular weight is 374 g/mol. The molecule has 0 bridgehead atoms. The standard InChI is InChI=1S/C18H13F3N4O2/c19-18(20,21)12-3-1-2-4-13(12)24-17-22-8-7-16(25-17)23-11-5-6-14-15(9-11)27-10-26-14/h1-9H,10H2,(H2,22,23,24,25). The normalized spacial score (nSPS) is 12.7. The zero-order chi connectivity index (χ0) is 18.9. The van der Waals surface area contributed by atoms with Crippen molar-refractivity contribution < 1.29 is 22.6 Å². The molecule has 138 valence electrons. The molecule has 0 spiro atoms. The van der Waals surface area contributed by atoms with Crippen LogP contribution in [0.3, 0.4) is 0 Å². The van der Waals surface area contributed by atoms with E-state index < -0.39 is 11.7 Å². The molecule has 4 rings (SSSR count). The number of nitrogens with zero attached hydrogens (tertiary/aromatic N) is 2. The fourth-order valence-electron chi connectivity index (χ4n) is 2.57. The number of halogens is 3. The summed E-state index contributed by atoms with van der Waals surface area (Å²) in [5.74, 6) is 1.70. The largest absolute Gasteiger partial charge is 0.454 e. The zero-order valence-electron chi connectivity index (χ0n) is 13.7. The van der Waals surface area contributed by atoms with Gasteiger partial charge in [0.25, 0.3) is 0 Å². The smallest absolute Gasteiger partial charge is 0.418 e. The van der Waals surface area contributed by atoms with Gasteiger partial charge in [-0.3, -0.25) is 0 Å². The summed E-state index contributed by atoms with van der Waals surface area (Å²) in [5, 5.41) is 5.68. The van der Waals surface area contributed by atoms with Crippen molar-refractivity contribution in [3.63, 3.8) is 0 Å². The van der Waals surface area contributed by atoms with Crippen LogP contribution < -0.4 is 20.1 Å². The molecular formula is C18H13F3N4O2. The Morgan fingerprint density at radius 2 is 1.74 bits per heavy atom. The number of anilines is 4. The van der Waals surface area contributed by atoms with E-state index in [0.29, 0.717) is 23.0 Å². The number of hydrogen-bond acceptors (Lipinski definition) is 6. The van der Waals surface area contributed by atoms with Gasteiger partial charge in [-0.2, -0.15) is 18.2 Å². The second-order valence-electron chi connectivity index (χ2n) is 5.63. The summed E-state index contributed by atoms with van der Waals surface area (Å²) in [7, 11) is 0. The quantitative estimate of drug-likeness (QED) is 0.689. The summed E-state index contributed by atoms with van der Waals surface area (Å²) < 4.78 is 49.9. The van der Waals surface area contributed by atoms with Gasteiger partial charge in [0.05, 0.1) is 11.3 Å². The predicted octanol–water partition coefficient (Wildman–Crippen LogP) is 4.71. The van der Waals surface area contributed by atoms with E-state index in [1.54, 1.807) is 24.3 Å². The summed E-state index contributed by atoms with van der Waals surface area (Å²) in [4.78, 5) is 8.19. The first kappa shape index (κ1) is 17.0. The highest BCUT2D eigenvalue weighted by atomic mass is 19.4. The fourth-order valence-corrected chi connectivity index (χ4v) is 2.57. The van der Waals surface area contributed by atoms with Gasteiger partial charge >= 0.3 is 6.18 Å². The molecule has 3 aromatic rings. The Bertz CT molecular complexity index is 979. The van der Waals surface area contributed by atoms with Crippen molar-refractivity contribution in [1.29, 1.82) is 0 Å². The molecule has 0 radical (unpaired) electrons. The van der Waals surface area contributed by atoms with Crippen molar-refractivity contribution in [2.45, 2.75) is 6.18 Å². The SMILES string of the molecule is FC(F)(F)c1ccccc1Nc1nccc(Nc2ccc3c(c2)OCO3)n1. The van der Waals surface area contributed by atoms with E-state index in [-0.39, 0.29) is 18.4 Å². The van der Waals surface area contributed by atoms with Crippen molar-refractivity contribution >= 4 is 23.1 Å². The van der Waals surface area contributed by atoms with Crippen LogP contribution in [0.2, 0.25) is 0 Å². The summed E-state index contributed by atoms with van der Waals surface area (Å²) in [5.41, 5.74) is -0.215. The van der Waals surface area contributed by atoms with Crippen LogP contribution in [0.1, 0.15) is 5.56 Å². The maximum absolute atomic E-state index is 13.1. The van der Waals surface area contributed by atoms with Gasteiger partial charge in [0.15, 0.2) is 11.5 Å². The lowest BCUT2D eigenvalue weighted by Crippen LogP contribution is -2.09. The Kier molecular flexibility index (Phi) is 4.19. The molecule has 0 saturated heterocycles.